The van der Waals surface area contributed by atoms with Crippen LogP contribution < -0.4 is 4.72 Å². The number of carbonyl (C=O) groups excluding carboxylic acids is 1. The molecule has 82 valence electrons. The van der Waals surface area contributed by atoms with E-state index in [0.717, 1.165) is 12.3 Å². The molecule has 0 fully saturated rings. The highest BCUT2D eigenvalue weighted by Gasteiger charge is 2.12. The summed E-state index contributed by atoms with van der Waals surface area (Å²) >= 11 is 2.91. The Morgan fingerprint density at radius 1 is 1.47 bits per heavy atom. The summed E-state index contributed by atoms with van der Waals surface area (Å²) in [6, 6.07) is 3.59. The molecule has 1 rings (SSSR count). The van der Waals surface area contributed by atoms with Crippen molar-refractivity contribution in [1.82, 2.24) is 4.72 Å². The number of carbonyl (C=O) groups is 1. The van der Waals surface area contributed by atoms with Crippen LogP contribution >= 0.6 is 15.9 Å². The van der Waals surface area contributed by atoms with Crippen LogP contribution in [0.15, 0.2) is 22.7 Å². The number of halogens is 2. The van der Waals surface area contributed by atoms with Gasteiger partial charge in [-0.15, -0.1) is 0 Å². The average molecular weight is 296 g/mol. The molecule has 0 aliphatic carbocycles. The molecule has 1 N–H and O–H groups in total. The van der Waals surface area contributed by atoms with Crippen LogP contribution in [0.4, 0.5) is 4.39 Å². The van der Waals surface area contributed by atoms with Crippen molar-refractivity contribution in [2.75, 3.05) is 6.26 Å². The number of nitrogens with one attached hydrogen (secondary N) is 1. The Balaban J connectivity index is 2.98. The first-order chi connectivity index (χ1) is 6.79. The molecule has 0 atom stereocenters. The standard InChI is InChI=1S/C8H7BrFNO3S/c1-15(13,14)11-8(12)5-2-3-6(9)7(10)4-5/h2-4H,1H3,(H,11,12). The third-order valence-corrected chi connectivity index (χ3v) is 2.66. The van der Waals surface area contributed by atoms with Crippen molar-refractivity contribution in [3.8, 4) is 0 Å². The van der Waals surface area contributed by atoms with Crippen LogP contribution in [0.1, 0.15) is 10.4 Å². The van der Waals surface area contributed by atoms with Crippen molar-refractivity contribution < 1.29 is 17.6 Å². The highest BCUT2D eigenvalue weighted by atomic mass is 79.9. The molecule has 0 saturated heterocycles. The molecule has 0 aromatic heterocycles. The third kappa shape index (κ3) is 3.60. The Morgan fingerprint density at radius 2 is 2.07 bits per heavy atom. The molecule has 15 heavy (non-hydrogen) atoms. The summed E-state index contributed by atoms with van der Waals surface area (Å²) in [4.78, 5) is 11.3. The number of benzene rings is 1. The zero-order valence-corrected chi connectivity index (χ0v) is 10.0. The molecule has 7 heteroatoms. The minimum absolute atomic E-state index is 0.0545. The Morgan fingerprint density at radius 3 is 2.53 bits per heavy atom. The van der Waals surface area contributed by atoms with Gasteiger partial charge in [0.05, 0.1) is 10.7 Å². The fourth-order valence-electron chi connectivity index (χ4n) is 0.865. The van der Waals surface area contributed by atoms with Gasteiger partial charge in [0.2, 0.25) is 10.0 Å². The van der Waals surface area contributed by atoms with Gasteiger partial charge in [0.1, 0.15) is 5.82 Å². The van der Waals surface area contributed by atoms with Crippen molar-refractivity contribution in [1.29, 1.82) is 0 Å². The molecule has 0 spiro atoms. The van der Waals surface area contributed by atoms with Gasteiger partial charge in [-0.25, -0.2) is 17.5 Å². The first-order valence-electron chi connectivity index (χ1n) is 3.77. The number of amides is 1. The van der Waals surface area contributed by atoms with E-state index in [0.29, 0.717) is 0 Å². The zero-order valence-electron chi connectivity index (χ0n) is 7.62. The smallest absolute Gasteiger partial charge is 0.264 e. The van der Waals surface area contributed by atoms with E-state index in [4.69, 9.17) is 0 Å². The van der Waals surface area contributed by atoms with Gasteiger partial charge < -0.3 is 0 Å². The molecule has 1 aromatic carbocycles. The average Bonchev–Trinajstić information content (AvgIpc) is 2.06. The quantitative estimate of drug-likeness (QED) is 0.894. The van der Waals surface area contributed by atoms with Gasteiger partial charge in [0.15, 0.2) is 0 Å². The predicted octanol–water partition coefficient (Wildman–Crippen LogP) is 1.28. The fourth-order valence-corrected chi connectivity index (χ4v) is 1.57. The monoisotopic (exact) mass is 295 g/mol. The molecule has 0 aliphatic heterocycles. The molecule has 1 amide bonds. The van der Waals surface area contributed by atoms with Gasteiger partial charge in [-0.05, 0) is 34.1 Å². The van der Waals surface area contributed by atoms with Gasteiger partial charge in [-0.3, -0.25) is 4.79 Å². The van der Waals surface area contributed by atoms with Gasteiger partial charge in [-0.2, -0.15) is 0 Å². The summed E-state index contributed by atoms with van der Waals surface area (Å²) in [6.07, 6.45) is 0.847. The van der Waals surface area contributed by atoms with E-state index in [2.05, 4.69) is 15.9 Å². The Labute approximate surface area is 94.7 Å². The van der Waals surface area contributed by atoms with Crippen LogP contribution in [-0.2, 0) is 10.0 Å². The summed E-state index contributed by atoms with van der Waals surface area (Å²) in [7, 11) is -3.63. The van der Waals surface area contributed by atoms with Gasteiger partial charge in [0, 0.05) is 5.56 Å². The fraction of sp³-hybridized carbons (Fsp3) is 0.125. The summed E-state index contributed by atoms with van der Waals surface area (Å²) in [5, 5.41) is 0. The highest BCUT2D eigenvalue weighted by Crippen LogP contribution is 2.16. The molecule has 0 aliphatic rings. The van der Waals surface area contributed by atoms with E-state index in [-0.39, 0.29) is 10.0 Å². The maximum Gasteiger partial charge on any atom is 0.264 e. The lowest BCUT2D eigenvalue weighted by Gasteiger charge is -2.03. The van der Waals surface area contributed by atoms with Gasteiger partial charge in [-0.1, -0.05) is 0 Å². The predicted molar refractivity (Wildman–Crippen MR) is 56.4 cm³/mol. The van der Waals surface area contributed by atoms with Crippen molar-refractivity contribution in [2.45, 2.75) is 0 Å². The van der Waals surface area contributed by atoms with E-state index in [1.165, 1.54) is 12.1 Å². The highest BCUT2D eigenvalue weighted by molar-refractivity contribution is 9.10. The second-order valence-electron chi connectivity index (χ2n) is 2.83. The van der Waals surface area contributed by atoms with E-state index >= 15 is 0 Å². The number of rotatable bonds is 2. The Kier molecular flexibility index (Phi) is 3.46. The van der Waals surface area contributed by atoms with Crippen LogP contribution in [0, 0.1) is 5.82 Å². The SMILES string of the molecule is CS(=O)(=O)NC(=O)c1ccc(Br)c(F)c1. The molecule has 1 aromatic rings. The normalized spacial score (nSPS) is 11.1. The first-order valence-corrected chi connectivity index (χ1v) is 6.45. The molecular formula is C8H7BrFNO3S. The summed E-state index contributed by atoms with van der Waals surface area (Å²) in [6.45, 7) is 0. The molecule has 0 saturated carbocycles. The maximum atomic E-state index is 13.0. The van der Waals surface area contributed by atoms with Gasteiger partial charge in [0.25, 0.3) is 5.91 Å². The minimum atomic E-state index is -3.63. The number of hydrogen-bond acceptors (Lipinski definition) is 3. The lowest BCUT2D eigenvalue weighted by atomic mass is 10.2. The molecule has 4 nitrogen and oxygen atoms in total. The van der Waals surface area contributed by atoms with Gasteiger partial charge >= 0.3 is 0 Å². The lowest BCUT2D eigenvalue weighted by molar-refractivity contribution is 0.0981. The molecular weight excluding hydrogens is 289 g/mol. The zero-order chi connectivity index (χ0) is 11.6. The van der Waals surface area contributed by atoms with Crippen LogP contribution in [0.2, 0.25) is 0 Å². The van der Waals surface area contributed by atoms with E-state index in [1.54, 1.807) is 4.72 Å². The van der Waals surface area contributed by atoms with Crippen molar-refractivity contribution in [3.63, 3.8) is 0 Å². The minimum Gasteiger partial charge on any atom is -0.268 e. The first kappa shape index (κ1) is 12.1. The van der Waals surface area contributed by atoms with Crippen LogP contribution in [0.25, 0.3) is 0 Å². The molecule has 0 radical (unpaired) electrons. The maximum absolute atomic E-state index is 13.0. The van der Waals surface area contributed by atoms with E-state index in [1.807, 2.05) is 0 Å². The van der Waals surface area contributed by atoms with Crippen LogP contribution in [0.3, 0.4) is 0 Å². The summed E-state index contributed by atoms with van der Waals surface area (Å²) in [5.74, 6) is -1.49. The second-order valence-corrected chi connectivity index (χ2v) is 5.44. The summed E-state index contributed by atoms with van der Waals surface area (Å²) in [5.41, 5.74) is -0.0545. The van der Waals surface area contributed by atoms with E-state index < -0.39 is 21.7 Å². The van der Waals surface area contributed by atoms with Crippen LogP contribution in [0.5, 0.6) is 0 Å². The summed E-state index contributed by atoms with van der Waals surface area (Å²) < 4.78 is 36.4. The van der Waals surface area contributed by atoms with Crippen molar-refractivity contribution >= 4 is 31.9 Å². The number of sulfonamides is 1. The second kappa shape index (κ2) is 4.28. The van der Waals surface area contributed by atoms with Crippen molar-refractivity contribution in [3.05, 3.63) is 34.1 Å². The van der Waals surface area contributed by atoms with Crippen LogP contribution in [-0.4, -0.2) is 20.6 Å². The van der Waals surface area contributed by atoms with E-state index in [9.17, 15) is 17.6 Å². The largest absolute Gasteiger partial charge is 0.268 e. The third-order valence-electron chi connectivity index (χ3n) is 1.46. The molecule has 0 unspecified atom stereocenters. The Bertz CT molecular complexity index is 501. The van der Waals surface area contributed by atoms with Crippen molar-refractivity contribution in [2.24, 2.45) is 0 Å². The molecule has 0 heterocycles. The topological polar surface area (TPSA) is 63.2 Å². The lowest BCUT2D eigenvalue weighted by Crippen LogP contribution is -2.29. The number of hydrogen-bond donors (Lipinski definition) is 1. The molecule has 0 bridgehead atoms. The Hall–Kier alpha value is -0.950.